The van der Waals surface area contributed by atoms with E-state index in [4.69, 9.17) is 0 Å². The lowest BCUT2D eigenvalue weighted by atomic mass is 10.1. The van der Waals surface area contributed by atoms with Crippen LogP contribution in [0.3, 0.4) is 0 Å². The van der Waals surface area contributed by atoms with Crippen LogP contribution in [-0.2, 0) is 0 Å². The van der Waals surface area contributed by atoms with Crippen LogP contribution in [0.25, 0.3) is 0 Å². The van der Waals surface area contributed by atoms with Crippen molar-refractivity contribution in [1.82, 2.24) is 10.3 Å². The molecular weight excluding hydrogens is 331 g/mol. The van der Waals surface area contributed by atoms with Gasteiger partial charge in [-0.3, -0.25) is 9.78 Å². The molecule has 1 rings (SSSR count). The summed E-state index contributed by atoms with van der Waals surface area (Å²) in [5, 5.41) is 12.4. The van der Waals surface area contributed by atoms with Crippen molar-refractivity contribution >= 4 is 28.5 Å². The Labute approximate surface area is 115 Å². The molecule has 0 fully saturated rings. The Hall–Kier alpha value is -0.690. The van der Waals surface area contributed by atoms with Crippen molar-refractivity contribution in [2.45, 2.75) is 26.4 Å². The minimum absolute atomic E-state index is 0.167. The van der Waals surface area contributed by atoms with E-state index in [0.29, 0.717) is 17.9 Å². The van der Waals surface area contributed by atoms with Gasteiger partial charge in [0.05, 0.1) is 11.7 Å². The van der Waals surface area contributed by atoms with Crippen molar-refractivity contribution in [3.8, 4) is 0 Å². The third kappa shape index (κ3) is 4.99. The summed E-state index contributed by atoms with van der Waals surface area (Å²) in [7, 11) is 0. The molecule has 1 atom stereocenters. The zero-order valence-electron chi connectivity index (χ0n) is 9.98. The maximum absolute atomic E-state index is 11.8. The molecule has 1 amide bonds. The van der Waals surface area contributed by atoms with Crippen LogP contribution in [0.5, 0.6) is 0 Å². The monoisotopic (exact) mass is 348 g/mol. The molecule has 0 bridgehead atoms. The molecule has 2 N–H and O–H groups in total. The molecule has 94 valence electrons. The van der Waals surface area contributed by atoms with Gasteiger partial charge in [0.15, 0.2) is 0 Å². The van der Waals surface area contributed by atoms with Crippen LogP contribution in [0, 0.1) is 9.49 Å². The van der Waals surface area contributed by atoms with Gasteiger partial charge in [0.25, 0.3) is 5.91 Å². The Kier molecular flexibility index (Phi) is 5.84. The zero-order valence-corrected chi connectivity index (χ0v) is 12.1. The lowest BCUT2D eigenvalue weighted by Gasteiger charge is -2.14. The molecule has 0 aromatic carbocycles. The van der Waals surface area contributed by atoms with Gasteiger partial charge in [-0.15, -0.1) is 0 Å². The summed E-state index contributed by atoms with van der Waals surface area (Å²) in [6, 6.07) is 1.67. The minimum Gasteiger partial charge on any atom is -0.391 e. The molecule has 5 heteroatoms. The van der Waals surface area contributed by atoms with E-state index in [0.717, 1.165) is 3.57 Å². The number of hydrogen-bond donors (Lipinski definition) is 2. The number of aromatic nitrogens is 1. The molecule has 0 radical (unpaired) electrons. The number of nitrogens with one attached hydrogen (secondary N) is 1. The number of amides is 1. The van der Waals surface area contributed by atoms with Gasteiger partial charge in [-0.05, 0) is 41.0 Å². The van der Waals surface area contributed by atoms with E-state index in [2.05, 4.69) is 32.9 Å². The first kappa shape index (κ1) is 14.4. The van der Waals surface area contributed by atoms with Crippen LogP contribution in [-0.4, -0.2) is 28.6 Å². The van der Waals surface area contributed by atoms with Gasteiger partial charge < -0.3 is 10.4 Å². The van der Waals surface area contributed by atoms with Crippen molar-refractivity contribution in [3.05, 3.63) is 27.6 Å². The number of aliphatic hydroxyl groups excluding tert-OH is 1. The zero-order chi connectivity index (χ0) is 12.8. The van der Waals surface area contributed by atoms with Crippen molar-refractivity contribution in [1.29, 1.82) is 0 Å². The van der Waals surface area contributed by atoms with Crippen molar-refractivity contribution < 1.29 is 9.90 Å². The Bertz CT molecular complexity index is 383. The number of carbonyl (C=O) groups is 1. The van der Waals surface area contributed by atoms with E-state index in [1.54, 1.807) is 18.5 Å². The highest BCUT2D eigenvalue weighted by Gasteiger charge is 2.12. The molecule has 0 aliphatic rings. The topological polar surface area (TPSA) is 62.2 Å². The van der Waals surface area contributed by atoms with Gasteiger partial charge in [0.2, 0.25) is 0 Å². The van der Waals surface area contributed by atoms with Crippen molar-refractivity contribution in [3.63, 3.8) is 0 Å². The fourth-order valence-corrected chi connectivity index (χ4v) is 2.08. The number of nitrogens with zero attached hydrogens (tertiary/aromatic N) is 1. The predicted molar refractivity (Wildman–Crippen MR) is 74.7 cm³/mol. The highest BCUT2D eigenvalue weighted by Crippen LogP contribution is 2.09. The highest BCUT2D eigenvalue weighted by atomic mass is 127. The minimum atomic E-state index is -0.488. The van der Waals surface area contributed by atoms with Crippen LogP contribution < -0.4 is 5.32 Å². The van der Waals surface area contributed by atoms with Gasteiger partial charge >= 0.3 is 0 Å². The van der Waals surface area contributed by atoms with E-state index < -0.39 is 6.10 Å². The molecule has 17 heavy (non-hydrogen) atoms. The Morgan fingerprint density at radius 3 is 2.88 bits per heavy atom. The largest absolute Gasteiger partial charge is 0.391 e. The number of aliphatic hydroxyl groups is 1. The predicted octanol–water partition coefficient (Wildman–Crippen LogP) is 1.82. The van der Waals surface area contributed by atoms with E-state index >= 15 is 0 Å². The first-order valence-corrected chi connectivity index (χ1v) is 6.64. The van der Waals surface area contributed by atoms with Crippen LogP contribution in [0.4, 0.5) is 0 Å². The standard InChI is InChI=1S/C12H17IN2O2/c1-8(2)5-9(16)6-15-12(17)10-3-4-14-7-11(10)13/h3-4,7-9,16H,5-6H2,1-2H3,(H,15,17). The van der Waals surface area contributed by atoms with E-state index in [1.807, 2.05) is 13.8 Å². The van der Waals surface area contributed by atoms with E-state index in [-0.39, 0.29) is 12.5 Å². The first-order valence-electron chi connectivity index (χ1n) is 5.56. The van der Waals surface area contributed by atoms with Crippen LogP contribution in [0.15, 0.2) is 18.5 Å². The smallest absolute Gasteiger partial charge is 0.252 e. The van der Waals surface area contributed by atoms with Crippen molar-refractivity contribution in [2.75, 3.05) is 6.54 Å². The maximum Gasteiger partial charge on any atom is 0.252 e. The van der Waals surface area contributed by atoms with E-state index in [9.17, 15) is 9.90 Å². The Morgan fingerprint density at radius 2 is 2.29 bits per heavy atom. The second-order valence-corrected chi connectivity index (χ2v) is 5.51. The summed E-state index contributed by atoms with van der Waals surface area (Å²) in [5.41, 5.74) is 0.595. The Morgan fingerprint density at radius 1 is 1.59 bits per heavy atom. The third-order valence-electron chi connectivity index (χ3n) is 2.26. The molecule has 0 spiro atoms. The molecule has 0 aliphatic carbocycles. The average molecular weight is 348 g/mol. The fourth-order valence-electron chi connectivity index (χ4n) is 1.49. The molecule has 1 aromatic rings. The molecule has 4 nitrogen and oxygen atoms in total. The van der Waals surface area contributed by atoms with Gasteiger partial charge in [-0.25, -0.2) is 0 Å². The molecule has 1 unspecified atom stereocenters. The molecule has 0 saturated heterocycles. The molecule has 0 aliphatic heterocycles. The number of pyridine rings is 1. The van der Waals surface area contributed by atoms with Crippen LogP contribution >= 0.6 is 22.6 Å². The lowest BCUT2D eigenvalue weighted by molar-refractivity contribution is 0.0899. The summed E-state index contributed by atoms with van der Waals surface area (Å²) < 4.78 is 0.806. The lowest BCUT2D eigenvalue weighted by Crippen LogP contribution is -2.33. The SMILES string of the molecule is CC(C)CC(O)CNC(=O)c1ccncc1I. The van der Waals surface area contributed by atoms with Gasteiger partial charge in [-0.1, -0.05) is 13.8 Å². The van der Waals surface area contributed by atoms with Crippen LogP contribution in [0.1, 0.15) is 30.6 Å². The second-order valence-electron chi connectivity index (χ2n) is 4.35. The second kappa shape index (κ2) is 6.90. The summed E-state index contributed by atoms with van der Waals surface area (Å²) in [4.78, 5) is 15.7. The van der Waals surface area contributed by atoms with E-state index in [1.165, 1.54) is 0 Å². The summed E-state index contributed by atoms with van der Waals surface area (Å²) >= 11 is 2.07. The summed E-state index contributed by atoms with van der Waals surface area (Å²) in [6.45, 7) is 4.36. The first-order chi connectivity index (χ1) is 8.00. The summed E-state index contributed by atoms with van der Waals surface area (Å²) in [6.07, 6.45) is 3.42. The van der Waals surface area contributed by atoms with Crippen LogP contribution in [0.2, 0.25) is 0 Å². The quantitative estimate of drug-likeness (QED) is 0.798. The molecular formula is C12H17IN2O2. The number of hydrogen-bond acceptors (Lipinski definition) is 3. The number of rotatable bonds is 5. The third-order valence-corrected chi connectivity index (χ3v) is 3.12. The van der Waals surface area contributed by atoms with Crippen molar-refractivity contribution in [2.24, 2.45) is 5.92 Å². The summed E-state index contributed by atoms with van der Waals surface area (Å²) in [5.74, 6) is 0.252. The Balaban J connectivity index is 2.48. The normalized spacial score (nSPS) is 12.5. The van der Waals surface area contributed by atoms with Gasteiger partial charge in [-0.2, -0.15) is 0 Å². The average Bonchev–Trinajstić information content (AvgIpc) is 2.25. The number of carbonyl (C=O) groups excluding carboxylic acids is 1. The van der Waals surface area contributed by atoms with Gasteiger partial charge in [0.1, 0.15) is 0 Å². The molecule has 0 saturated carbocycles. The molecule has 1 heterocycles. The van der Waals surface area contributed by atoms with Gasteiger partial charge in [0, 0.05) is 22.5 Å². The number of halogens is 1. The molecule has 1 aromatic heterocycles. The fraction of sp³-hybridized carbons (Fsp3) is 0.500. The maximum atomic E-state index is 11.8. The highest BCUT2D eigenvalue weighted by molar-refractivity contribution is 14.1.